The Bertz CT molecular complexity index is 696. The lowest BCUT2D eigenvalue weighted by Gasteiger charge is -2.30. The summed E-state index contributed by atoms with van der Waals surface area (Å²) in [5.41, 5.74) is 4.40. The van der Waals surface area contributed by atoms with E-state index < -0.39 is 0 Å². The van der Waals surface area contributed by atoms with Crippen LogP contribution in [0.3, 0.4) is 0 Å². The lowest BCUT2D eigenvalue weighted by molar-refractivity contribution is 0.112. The first-order valence-corrected chi connectivity index (χ1v) is 8.40. The van der Waals surface area contributed by atoms with Crippen molar-refractivity contribution in [2.75, 3.05) is 6.61 Å². The summed E-state index contributed by atoms with van der Waals surface area (Å²) < 4.78 is 6.05. The molecule has 0 atom stereocenters. The third-order valence-electron chi connectivity index (χ3n) is 4.08. The maximum atomic E-state index is 11.3. The van der Waals surface area contributed by atoms with Crippen LogP contribution >= 0.6 is 0 Å². The Hall–Kier alpha value is -2.10. The second-order valence-electron chi connectivity index (χ2n) is 8.15. The van der Waals surface area contributed by atoms with Crippen molar-refractivity contribution in [3.63, 3.8) is 0 Å². The summed E-state index contributed by atoms with van der Waals surface area (Å²) in [6.45, 7) is 15.7. The van der Waals surface area contributed by atoms with E-state index in [1.54, 1.807) is 6.20 Å². The maximum absolute atomic E-state index is 11.3. The molecule has 130 valence electrons. The van der Waals surface area contributed by atoms with Crippen molar-refractivity contribution in [1.29, 1.82) is 0 Å². The van der Waals surface area contributed by atoms with Gasteiger partial charge in [0.25, 0.3) is 0 Å². The molecule has 1 heterocycles. The van der Waals surface area contributed by atoms with E-state index in [1.807, 2.05) is 6.92 Å². The van der Waals surface area contributed by atoms with E-state index in [-0.39, 0.29) is 10.8 Å². The summed E-state index contributed by atoms with van der Waals surface area (Å²) in [7, 11) is 0. The number of rotatable bonds is 4. The fourth-order valence-electron chi connectivity index (χ4n) is 2.80. The quantitative estimate of drug-likeness (QED) is 0.814. The van der Waals surface area contributed by atoms with Gasteiger partial charge in [0.15, 0.2) is 6.29 Å². The highest BCUT2D eigenvalue weighted by atomic mass is 16.5. The average Bonchev–Trinajstić information content (AvgIpc) is 2.93. The van der Waals surface area contributed by atoms with Gasteiger partial charge in [0.05, 0.1) is 24.1 Å². The third kappa shape index (κ3) is 3.53. The highest BCUT2D eigenvalue weighted by Crippen LogP contribution is 2.42. The number of aromatic nitrogens is 2. The molecule has 2 aromatic rings. The molecule has 0 unspecified atom stereocenters. The van der Waals surface area contributed by atoms with Crippen LogP contribution in [0.4, 0.5) is 0 Å². The van der Waals surface area contributed by atoms with Crippen molar-refractivity contribution in [3.05, 3.63) is 35.0 Å². The number of benzene rings is 1. The number of hydrogen-bond acceptors (Lipinski definition) is 3. The molecule has 1 aromatic heterocycles. The van der Waals surface area contributed by atoms with Crippen LogP contribution in [0.2, 0.25) is 0 Å². The van der Waals surface area contributed by atoms with Gasteiger partial charge in [-0.1, -0.05) is 41.5 Å². The number of nitrogens with zero attached hydrogens (tertiary/aromatic N) is 1. The molecule has 0 aliphatic heterocycles. The molecule has 24 heavy (non-hydrogen) atoms. The third-order valence-corrected chi connectivity index (χ3v) is 4.08. The number of aldehydes is 1. The van der Waals surface area contributed by atoms with Gasteiger partial charge in [0, 0.05) is 16.7 Å². The number of aromatic amines is 1. The molecule has 0 aliphatic rings. The van der Waals surface area contributed by atoms with E-state index in [9.17, 15) is 4.79 Å². The van der Waals surface area contributed by atoms with Gasteiger partial charge < -0.3 is 4.74 Å². The predicted molar refractivity (Wildman–Crippen MR) is 98.0 cm³/mol. The lowest BCUT2D eigenvalue weighted by Crippen LogP contribution is -2.20. The first-order valence-electron chi connectivity index (χ1n) is 8.40. The van der Waals surface area contributed by atoms with Crippen molar-refractivity contribution in [2.45, 2.75) is 59.3 Å². The van der Waals surface area contributed by atoms with E-state index in [2.05, 4.69) is 63.9 Å². The second-order valence-corrected chi connectivity index (χ2v) is 8.15. The molecule has 0 saturated heterocycles. The van der Waals surface area contributed by atoms with Gasteiger partial charge in [-0.15, -0.1) is 0 Å². The molecule has 0 radical (unpaired) electrons. The van der Waals surface area contributed by atoms with Gasteiger partial charge in [-0.3, -0.25) is 9.89 Å². The van der Waals surface area contributed by atoms with Crippen molar-refractivity contribution >= 4 is 6.29 Å². The Labute approximate surface area is 144 Å². The molecule has 1 N–H and O–H groups in total. The number of carbonyl (C=O) groups excluding carboxylic acids is 1. The second kappa shape index (κ2) is 6.42. The summed E-state index contributed by atoms with van der Waals surface area (Å²) in [5.74, 6) is 0.952. The van der Waals surface area contributed by atoms with E-state index in [4.69, 9.17) is 4.74 Å². The minimum absolute atomic E-state index is 0.0815. The van der Waals surface area contributed by atoms with Crippen LogP contribution in [-0.2, 0) is 10.8 Å². The monoisotopic (exact) mass is 328 g/mol. The highest BCUT2D eigenvalue weighted by molar-refractivity contribution is 5.86. The topological polar surface area (TPSA) is 55.0 Å². The Morgan fingerprint density at radius 1 is 1.08 bits per heavy atom. The van der Waals surface area contributed by atoms with E-state index in [0.29, 0.717) is 12.2 Å². The van der Waals surface area contributed by atoms with Crippen LogP contribution in [0.5, 0.6) is 5.75 Å². The molecule has 4 heteroatoms. The number of H-pyrrole nitrogens is 1. The van der Waals surface area contributed by atoms with Gasteiger partial charge >= 0.3 is 0 Å². The number of nitrogens with one attached hydrogen (secondary N) is 1. The standard InChI is InChI=1S/C20H28N2O2/c1-8-24-18-15(19(2,3)4)9-13(10-16(18)20(5,6)7)17-14(12-23)11-21-22-17/h9-12H,8H2,1-7H3,(H,21,22). The summed E-state index contributed by atoms with van der Waals surface area (Å²) in [4.78, 5) is 11.3. The first-order chi connectivity index (χ1) is 11.1. The molecule has 0 aliphatic carbocycles. The van der Waals surface area contributed by atoms with Gasteiger partial charge in [-0.2, -0.15) is 5.10 Å². The molecule has 0 amide bonds. The fraction of sp³-hybridized carbons (Fsp3) is 0.500. The molecular weight excluding hydrogens is 300 g/mol. The Morgan fingerprint density at radius 3 is 2.04 bits per heavy atom. The zero-order valence-corrected chi connectivity index (χ0v) is 15.8. The minimum Gasteiger partial charge on any atom is -0.493 e. The number of ether oxygens (including phenoxy) is 1. The van der Waals surface area contributed by atoms with Crippen LogP contribution in [0.25, 0.3) is 11.3 Å². The Morgan fingerprint density at radius 2 is 1.62 bits per heavy atom. The van der Waals surface area contributed by atoms with Crippen molar-refractivity contribution in [3.8, 4) is 17.0 Å². The summed E-state index contributed by atoms with van der Waals surface area (Å²) >= 11 is 0. The molecule has 0 fully saturated rings. The van der Waals surface area contributed by atoms with E-state index in [0.717, 1.165) is 34.4 Å². The van der Waals surface area contributed by atoms with Crippen LogP contribution < -0.4 is 4.74 Å². The predicted octanol–water partition coefficient (Wildman–Crippen LogP) is 4.88. The average molecular weight is 328 g/mol. The molecule has 0 bridgehead atoms. The van der Waals surface area contributed by atoms with Gasteiger partial charge in [-0.25, -0.2) is 0 Å². The van der Waals surface area contributed by atoms with Gasteiger partial charge in [0.1, 0.15) is 5.75 Å². The summed E-state index contributed by atoms with van der Waals surface area (Å²) in [6.07, 6.45) is 2.40. The number of hydrogen-bond donors (Lipinski definition) is 1. The van der Waals surface area contributed by atoms with Crippen molar-refractivity contribution in [2.24, 2.45) is 0 Å². The lowest BCUT2D eigenvalue weighted by atomic mass is 9.78. The van der Waals surface area contributed by atoms with Crippen LogP contribution in [0.1, 0.15) is 70.0 Å². The Balaban J connectivity index is 2.82. The van der Waals surface area contributed by atoms with Gasteiger partial charge in [0.2, 0.25) is 0 Å². The normalized spacial score (nSPS) is 12.3. The zero-order valence-electron chi connectivity index (χ0n) is 15.8. The minimum atomic E-state index is -0.0815. The Kier molecular flexibility index (Phi) is 4.88. The maximum Gasteiger partial charge on any atom is 0.153 e. The number of carbonyl (C=O) groups is 1. The first kappa shape index (κ1) is 18.2. The smallest absolute Gasteiger partial charge is 0.153 e. The van der Waals surface area contributed by atoms with Gasteiger partial charge in [-0.05, 0) is 29.9 Å². The van der Waals surface area contributed by atoms with E-state index >= 15 is 0 Å². The molecule has 1 aromatic carbocycles. The fourth-order valence-corrected chi connectivity index (χ4v) is 2.80. The van der Waals surface area contributed by atoms with Crippen molar-refractivity contribution in [1.82, 2.24) is 10.2 Å². The molecule has 2 rings (SSSR count). The zero-order chi connectivity index (χ0) is 18.1. The largest absolute Gasteiger partial charge is 0.493 e. The van der Waals surface area contributed by atoms with E-state index in [1.165, 1.54) is 0 Å². The van der Waals surface area contributed by atoms with Crippen molar-refractivity contribution < 1.29 is 9.53 Å². The van der Waals surface area contributed by atoms with Crippen LogP contribution in [0, 0.1) is 0 Å². The SMILES string of the molecule is CCOc1c(C(C)(C)C)cc(-c2[nH]ncc2C=O)cc1C(C)(C)C. The molecule has 0 spiro atoms. The molecule has 0 saturated carbocycles. The molecular formula is C20H28N2O2. The highest BCUT2D eigenvalue weighted by Gasteiger charge is 2.28. The van der Waals surface area contributed by atoms with Crippen LogP contribution in [0.15, 0.2) is 18.3 Å². The summed E-state index contributed by atoms with van der Waals surface area (Å²) in [6, 6.07) is 4.22. The molecule has 4 nitrogen and oxygen atoms in total. The summed E-state index contributed by atoms with van der Waals surface area (Å²) in [5, 5.41) is 6.98. The van der Waals surface area contributed by atoms with Crippen LogP contribution in [-0.4, -0.2) is 23.1 Å².